The van der Waals surface area contributed by atoms with Crippen LogP contribution in [0.4, 0.5) is 0 Å². The fourth-order valence-corrected chi connectivity index (χ4v) is 6.53. The molecule has 11 heteroatoms. The molecular weight excluding hydrogens is 536 g/mol. The Bertz CT molecular complexity index is 896. The Morgan fingerprint density at radius 1 is 0.854 bits per heavy atom. The predicted molar refractivity (Wildman–Crippen MR) is 150 cm³/mol. The zero-order chi connectivity index (χ0) is 31.7. The third kappa shape index (κ3) is 7.32. The van der Waals surface area contributed by atoms with Crippen LogP contribution in [-0.4, -0.2) is 106 Å². The minimum atomic E-state index is -1.92. The van der Waals surface area contributed by atoms with Crippen LogP contribution >= 0.6 is 0 Å². The Balaban J connectivity index is 2.59. The van der Waals surface area contributed by atoms with Crippen LogP contribution in [0.3, 0.4) is 0 Å². The third-order valence-corrected chi connectivity index (χ3v) is 9.76. The molecule has 0 spiro atoms. The van der Waals surface area contributed by atoms with Gasteiger partial charge < -0.3 is 44.1 Å². The number of carbonyl (C=O) groups excluding carboxylic acids is 2. The summed E-state index contributed by atoms with van der Waals surface area (Å²) in [4.78, 5) is 27.0. The quantitative estimate of drug-likeness (QED) is 0.347. The van der Waals surface area contributed by atoms with Crippen molar-refractivity contribution in [1.82, 2.24) is 0 Å². The van der Waals surface area contributed by atoms with E-state index in [0.29, 0.717) is 0 Å². The molecule has 41 heavy (non-hydrogen) atoms. The van der Waals surface area contributed by atoms with Gasteiger partial charge in [-0.25, -0.2) is 0 Å². The Morgan fingerprint density at radius 3 is 1.90 bits per heavy atom. The standard InChI is InChI=1S/C30H54O11/c1-12-20-30(9,36)25(33)16(3)22(31)15(2)13-28(7,37-10)24(32)17(4)23(18(5)27(35)40-20)41-21-14-29(8,38-11)26(34)19(6)39-21/h15-21,23-26,32-34,36H,12-14H2,1-11H3/t15-,16+,17+,18-,19+,20-,21-,23+,24-,25-,26+,28+,29-,30-/m1/s1. The van der Waals surface area contributed by atoms with E-state index in [1.807, 2.05) is 0 Å². The van der Waals surface area contributed by atoms with Gasteiger partial charge in [0.2, 0.25) is 0 Å². The molecule has 2 saturated heterocycles. The lowest BCUT2D eigenvalue weighted by Crippen LogP contribution is -2.59. The van der Waals surface area contributed by atoms with Crippen LogP contribution in [0.1, 0.15) is 81.6 Å². The summed E-state index contributed by atoms with van der Waals surface area (Å²) < 4.78 is 29.5. The average Bonchev–Trinajstić information content (AvgIpc) is 2.93. The largest absolute Gasteiger partial charge is 0.459 e. The molecule has 14 atom stereocenters. The molecule has 0 saturated carbocycles. The van der Waals surface area contributed by atoms with Crippen molar-refractivity contribution < 1.29 is 53.7 Å². The molecule has 0 bridgehead atoms. The van der Waals surface area contributed by atoms with Crippen molar-refractivity contribution in [3.8, 4) is 0 Å². The summed E-state index contributed by atoms with van der Waals surface area (Å²) in [6.07, 6.45) is -6.82. The number of carbonyl (C=O) groups is 2. The molecular formula is C30H54O11. The van der Waals surface area contributed by atoms with Gasteiger partial charge in [-0.05, 0) is 47.5 Å². The highest BCUT2D eigenvalue weighted by Gasteiger charge is 2.51. The smallest absolute Gasteiger partial charge is 0.311 e. The first-order chi connectivity index (χ1) is 18.8. The maximum Gasteiger partial charge on any atom is 0.311 e. The van der Waals surface area contributed by atoms with Gasteiger partial charge in [-0.15, -0.1) is 0 Å². The number of Topliss-reactive ketones (excluding diaryl/α,β-unsaturated/α-hetero) is 1. The molecule has 2 rings (SSSR count). The lowest BCUT2D eigenvalue weighted by molar-refractivity contribution is -0.300. The molecule has 2 aliphatic rings. The zero-order valence-electron chi connectivity index (χ0n) is 26.6. The van der Waals surface area contributed by atoms with Crippen LogP contribution in [0.15, 0.2) is 0 Å². The number of aliphatic hydroxyl groups excluding tert-OH is 3. The van der Waals surface area contributed by atoms with Gasteiger partial charge in [0.1, 0.15) is 23.6 Å². The van der Waals surface area contributed by atoms with Crippen molar-refractivity contribution in [3.63, 3.8) is 0 Å². The van der Waals surface area contributed by atoms with Crippen molar-refractivity contribution >= 4 is 11.8 Å². The number of esters is 1. The van der Waals surface area contributed by atoms with Gasteiger partial charge in [0.15, 0.2) is 6.29 Å². The summed E-state index contributed by atoms with van der Waals surface area (Å²) in [5.41, 5.74) is -4.14. The second-order valence-electron chi connectivity index (χ2n) is 12.9. The molecule has 240 valence electrons. The maximum atomic E-state index is 13.6. The van der Waals surface area contributed by atoms with Gasteiger partial charge >= 0.3 is 5.97 Å². The van der Waals surface area contributed by atoms with E-state index in [2.05, 4.69) is 0 Å². The Hall–Kier alpha value is -1.18. The highest BCUT2D eigenvalue weighted by molar-refractivity contribution is 5.83. The Morgan fingerprint density at radius 2 is 1.39 bits per heavy atom. The fourth-order valence-electron chi connectivity index (χ4n) is 6.53. The minimum Gasteiger partial charge on any atom is -0.459 e. The molecule has 2 aliphatic heterocycles. The van der Waals surface area contributed by atoms with Gasteiger partial charge in [-0.1, -0.05) is 27.7 Å². The average molecular weight is 591 g/mol. The van der Waals surface area contributed by atoms with Crippen molar-refractivity contribution in [2.24, 2.45) is 23.7 Å². The van der Waals surface area contributed by atoms with Gasteiger partial charge in [0, 0.05) is 38.4 Å². The lowest BCUT2D eigenvalue weighted by Gasteiger charge is -2.47. The number of aliphatic hydroxyl groups is 4. The van der Waals surface area contributed by atoms with Crippen molar-refractivity contribution in [2.75, 3.05) is 14.2 Å². The van der Waals surface area contributed by atoms with E-state index in [1.54, 1.807) is 48.5 Å². The number of methoxy groups -OCH3 is 2. The van der Waals surface area contributed by atoms with Crippen molar-refractivity contribution in [2.45, 2.75) is 141 Å². The topological polar surface area (TPSA) is 161 Å². The van der Waals surface area contributed by atoms with E-state index in [9.17, 15) is 30.0 Å². The summed E-state index contributed by atoms with van der Waals surface area (Å²) in [5.74, 6) is -4.33. The Labute approximate surface area is 244 Å². The molecule has 2 heterocycles. The molecule has 0 radical (unpaired) electrons. The fraction of sp³-hybridized carbons (Fsp3) is 0.933. The number of ether oxygens (including phenoxy) is 5. The molecule has 0 aromatic heterocycles. The van der Waals surface area contributed by atoms with Crippen molar-refractivity contribution in [3.05, 3.63) is 0 Å². The summed E-state index contributed by atoms with van der Waals surface area (Å²) in [5, 5.41) is 44.8. The summed E-state index contributed by atoms with van der Waals surface area (Å²) >= 11 is 0. The number of rotatable bonds is 5. The van der Waals surface area contributed by atoms with Gasteiger partial charge in [-0.3, -0.25) is 9.59 Å². The third-order valence-electron chi connectivity index (χ3n) is 9.76. The van der Waals surface area contributed by atoms with Gasteiger partial charge in [-0.2, -0.15) is 0 Å². The molecule has 0 amide bonds. The van der Waals surface area contributed by atoms with Crippen molar-refractivity contribution in [1.29, 1.82) is 0 Å². The SMILES string of the molecule is CC[C@H]1OC(=O)[C@H](C)[C@@H](O[C@@H]2C[C@@](C)(OC)[C@@H](O)[C@H](C)O2)[C@H](C)[C@@H](O)[C@@](C)(OC)C[C@@H](C)C(=O)[C@H](C)[C@@H](O)[C@]1(C)O. The second-order valence-corrected chi connectivity index (χ2v) is 12.9. The van der Waals surface area contributed by atoms with Crippen LogP contribution in [0.25, 0.3) is 0 Å². The molecule has 0 aromatic rings. The normalized spacial score (nSPS) is 49.3. The van der Waals surface area contributed by atoms with Crippen LogP contribution in [0.5, 0.6) is 0 Å². The number of hydrogen-bond donors (Lipinski definition) is 4. The highest BCUT2D eigenvalue weighted by Crippen LogP contribution is 2.39. The number of hydrogen-bond acceptors (Lipinski definition) is 11. The first-order valence-electron chi connectivity index (χ1n) is 14.7. The number of cyclic esters (lactones) is 1. The first-order valence-corrected chi connectivity index (χ1v) is 14.7. The molecule has 11 nitrogen and oxygen atoms in total. The summed E-state index contributed by atoms with van der Waals surface area (Å²) in [6, 6.07) is 0. The minimum absolute atomic E-state index is 0.112. The molecule has 2 fully saturated rings. The van der Waals surface area contributed by atoms with E-state index >= 15 is 0 Å². The van der Waals surface area contributed by atoms with E-state index < -0.39 is 89.4 Å². The van der Waals surface area contributed by atoms with Crippen LogP contribution < -0.4 is 0 Å². The molecule has 0 unspecified atom stereocenters. The van der Waals surface area contributed by atoms with Crippen LogP contribution in [-0.2, 0) is 33.3 Å². The maximum absolute atomic E-state index is 13.6. The molecule has 0 aliphatic carbocycles. The monoisotopic (exact) mass is 590 g/mol. The van der Waals surface area contributed by atoms with E-state index in [0.717, 1.165) is 0 Å². The highest BCUT2D eigenvalue weighted by atomic mass is 16.7. The van der Waals surface area contributed by atoms with Crippen LogP contribution in [0.2, 0.25) is 0 Å². The van der Waals surface area contributed by atoms with Crippen LogP contribution in [0, 0.1) is 23.7 Å². The van der Waals surface area contributed by atoms with E-state index in [-0.39, 0.29) is 25.0 Å². The molecule has 0 aromatic carbocycles. The summed E-state index contributed by atoms with van der Waals surface area (Å²) in [7, 11) is 2.93. The second kappa shape index (κ2) is 13.6. The van der Waals surface area contributed by atoms with E-state index in [1.165, 1.54) is 28.1 Å². The summed E-state index contributed by atoms with van der Waals surface area (Å²) in [6.45, 7) is 14.8. The zero-order valence-corrected chi connectivity index (χ0v) is 26.6. The first kappa shape index (κ1) is 36.0. The Kier molecular flexibility index (Phi) is 12.0. The van der Waals surface area contributed by atoms with Gasteiger partial charge in [0.05, 0.1) is 41.5 Å². The van der Waals surface area contributed by atoms with Gasteiger partial charge in [0.25, 0.3) is 0 Å². The molecule has 4 N–H and O–H groups in total. The number of ketones is 1. The van der Waals surface area contributed by atoms with E-state index in [4.69, 9.17) is 23.7 Å². The lowest BCUT2D eigenvalue weighted by atomic mass is 9.74. The predicted octanol–water partition coefficient (Wildman–Crippen LogP) is 1.99.